The van der Waals surface area contributed by atoms with Crippen molar-refractivity contribution in [1.29, 1.82) is 10.5 Å². The molecule has 2 aromatic heterocycles. The summed E-state index contributed by atoms with van der Waals surface area (Å²) in [6.07, 6.45) is -1.01. The average molecular weight is 781 g/mol. The Labute approximate surface area is 324 Å². The zero-order valence-electron chi connectivity index (χ0n) is 31.8. The van der Waals surface area contributed by atoms with Crippen molar-refractivity contribution in [2.75, 3.05) is 0 Å². The first-order valence-electron chi connectivity index (χ1n) is 17.9. The normalized spacial score (nSPS) is 14.7. The highest BCUT2D eigenvalue weighted by atomic mass is 17.0. The number of nitrogens with zero attached hydrogens (tertiary/aromatic N) is 10. The van der Waals surface area contributed by atoms with Gasteiger partial charge in [0.2, 0.25) is 11.8 Å². The van der Waals surface area contributed by atoms with Crippen LogP contribution in [0.4, 0.5) is 34.1 Å². The molecule has 4 aromatic rings. The average Bonchev–Trinajstić information content (AvgIpc) is 3.30. The lowest BCUT2D eigenvalue weighted by Crippen LogP contribution is -2.55. The molecule has 0 fully saturated rings. The number of nitro benzene ring substituents is 2. The van der Waals surface area contributed by atoms with Gasteiger partial charge in [0.05, 0.1) is 9.85 Å². The van der Waals surface area contributed by atoms with Gasteiger partial charge in [0.25, 0.3) is 22.5 Å². The predicted molar refractivity (Wildman–Crippen MR) is 201 cm³/mol. The van der Waals surface area contributed by atoms with Crippen LogP contribution in [0.15, 0.2) is 66.4 Å². The van der Waals surface area contributed by atoms with Crippen LogP contribution in [0.1, 0.15) is 75.6 Å². The summed E-state index contributed by atoms with van der Waals surface area (Å²) in [6, 6.07) is 10.4. The van der Waals surface area contributed by atoms with Crippen molar-refractivity contribution in [2.24, 2.45) is 20.5 Å². The minimum Gasteiger partial charge on any atom is -0.384 e. The van der Waals surface area contributed by atoms with E-state index in [4.69, 9.17) is 18.9 Å². The van der Waals surface area contributed by atoms with E-state index in [2.05, 4.69) is 20.5 Å². The Balaban J connectivity index is 0.00000305. The number of azo groups is 2. The van der Waals surface area contributed by atoms with E-state index in [1.807, 2.05) is 39.8 Å². The first-order valence-corrected chi connectivity index (χ1v) is 17.9. The first-order chi connectivity index (χ1) is 27.4. The molecule has 2 aliphatic heterocycles. The Bertz CT molecular complexity index is 2370. The summed E-state index contributed by atoms with van der Waals surface area (Å²) in [5.41, 5.74) is -3.80. The van der Waals surface area contributed by atoms with Crippen LogP contribution < -0.4 is 30.1 Å². The fraction of sp³-hybridized carbons (Fsp3) is 0.351. The zero-order valence-corrected chi connectivity index (χ0v) is 31.8. The number of aromatic nitrogens is 2. The molecule has 0 aliphatic carbocycles. The van der Waals surface area contributed by atoms with Crippen molar-refractivity contribution in [3.05, 3.63) is 99.6 Å². The topological polar surface area (TPSA) is 264 Å². The van der Waals surface area contributed by atoms with Gasteiger partial charge >= 0.3 is 6.16 Å². The fourth-order valence-corrected chi connectivity index (χ4v) is 5.74. The van der Waals surface area contributed by atoms with Gasteiger partial charge < -0.3 is 18.9 Å². The molecule has 6 rings (SSSR count). The highest BCUT2D eigenvalue weighted by molar-refractivity contribution is 5.65. The second kappa shape index (κ2) is 16.9. The molecule has 294 valence electrons. The largest absolute Gasteiger partial charge is 0.613 e. The highest BCUT2D eigenvalue weighted by Gasteiger charge is 2.49. The van der Waals surface area contributed by atoms with Crippen molar-refractivity contribution in [3.63, 3.8) is 0 Å². The summed E-state index contributed by atoms with van der Waals surface area (Å²) in [5, 5.41) is 60.9. The molecular formula is C37H36N10O10. The van der Waals surface area contributed by atoms with Gasteiger partial charge in [-0.15, -0.1) is 20.5 Å². The molecular weight excluding hydrogens is 744 g/mol. The lowest BCUT2D eigenvalue weighted by Gasteiger charge is -2.33. The van der Waals surface area contributed by atoms with E-state index in [0.717, 1.165) is 45.5 Å². The third-order valence-electron chi connectivity index (χ3n) is 8.70. The van der Waals surface area contributed by atoms with Gasteiger partial charge in [-0.25, -0.2) is 0 Å². The summed E-state index contributed by atoms with van der Waals surface area (Å²) in [6.45, 7) is 10.5. The van der Waals surface area contributed by atoms with Crippen LogP contribution in [0.2, 0.25) is 0 Å². The van der Waals surface area contributed by atoms with E-state index >= 15 is 0 Å². The molecule has 1 spiro atoms. The summed E-state index contributed by atoms with van der Waals surface area (Å²) in [7, 11) is 0. The zero-order chi connectivity index (χ0) is 41.6. The molecule has 57 heavy (non-hydrogen) atoms. The van der Waals surface area contributed by atoms with Crippen LogP contribution in [0.5, 0.6) is 23.3 Å². The SMILES string of the molecule is CC.CCCCn1c2c(c(C)c(C#N)c1=O)N=Nc1cc([N+](=O)[O-])ccc1OC1(Oc3ccc([N+](=O)[O-])cc3N=Nc3c(C)c(C#N)c(=O)n(CCCC)c3O1)O2. The number of nitro groups is 2. The molecule has 20 nitrogen and oxygen atoms in total. The van der Waals surface area contributed by atoms with Crippen molar-refractivity contribution < 1.29 is 28.8 Å². The number of ether oxygens (including phenoxy) is 4. The number of fused-ring (bicyclic) bond motifs is 4. The van der Waals surface area contributed by atoms with E-state index in [1.54, 1.807) is 0 Å². The molecule has 0 atom stereocenters. The fourth-order valence-electron chi connectivity index (χ4n) is 5.74. The molecule has 2 aliphatic rings. The van der Waals surface area contributed by atoms with Crippen LogP contribution in [0.3, 0.4) is 0 Å². The van der Waals surface area contributed by atoms with Crippen molar-refractivity contribution in [2.45, 2.75) is 86.5 Å². The molecule has 0 radical (unpaired) electrons. The lowest BCUT2D eigenvalue weighted by molar-refractivity contribution is -0.385. The highest BCUT2D eigenvalue weighted by Crippen LogP contribution is 2.47. The Morgan fingerprint density at radius 1 is 0.684 bits per heavy atom. The van der Waals surface area contributed by atoms with Gasteiger partial charge in [-0.05, 0) is 38.8 Å². The van der Waals surface area contributed by atoms with Crippen molar-refractivity contribution in [3.8, 4) is 35.4 Å². The monoisotopic (exact) mass is 780 g/mol. The van der Waals surface area contributed by atoms with Crippen LogP contribution in [-0.2, 0) is 13.1 Å². The number of non-ortho nitro benzene ring substituents is 2. The Morgan fingerprint density at radius 2 is 1.07 bits per heavy atom. The number of hydrogen-bond donors (Lipinski definition) is 0. The van der Waals surface area contributed by atoms with Gasteiger partial charge in [0, 0.05) is 48.5 Å². The quantitative estimate of drug-likeness (QED) is 0.120. The van der Waals surface area contributed by atoms with Gasteiger partial charge in [-0.1, -0.05) is 40.5 Å². The molecule has 0 N–H and O–H groups in total. The van der Waals surface area contributed by atoms with E-state index in [0.29, 0.717) is 25.7 Å². The Morgan fingerprint density at radius 3 is 1.40 bits per heavy atom. The van der Waals surface area contributed by atoms with Gasteiger partial charge in [0.15, 0.2) is 22.9 Å². The number of pyridine rings is 2. The van der Waals surface area contributed by atoms with E-state index < -0.39 is 38.5 Å². The second-order valence-electron chi connectivity index (χ2n) is 12.3. The minimum absolute atomic E-state index is 0.0156. The smallest absolute Gasteiger partial charge is 0.384 e. The van der Waals surface area contributed by atoms with E-state index in [-0.39, 0.29) is 81.4 Å². The molecule has 2 aromatic carbocycles. The number of rotatable bonds is 8. The molecule has 4 heterocycles. The molecule has 0 saturated carbocycles. The van der Waals surface area contributed by atoms with Crippen LogP contribution in [-0.4, -0.2) is 25.1 Å². The third-order valence-corrected chi connectivity index (χ3v) is 8.70. The van der Waals surface area contributed by atoms with Gasteiger partial charge in [0.1, 0.15) is 34.6 Å². The second-order valence-corrected chi connectivity index (χ2v) is 12.3. The number of benzene rings is 2. The summed E-state index contributed by atoms with van der Waals surface area (Å²) >= 11 is 0. The van der Waals surface area contributed by atoms with Crippen LogP contribution in [0.25, 0.3) is 0 Å². The number of unbranched alkanes of at least 4 members (excludes halogenated alkanes) is 2. The van der Waals surface area contributed by atoms with Crippen LogP contribution in [0, 0.1) is 56.7 Å². The summed E-state index contributed by atoms with van der Waals surface area (Å²) in [4.78, 5) is 50.2. The minimum atomic E-state index is -3.01. The van der Waals surface area contributed by atoms with Crippen molar-refractivity contribution in [1.82, 2.24) is 9.13 Å². The maximum Gasteiger partial charge on any atom is 0.613 e. The van der Waals surface area contributed by atoms with E-state index in [1.165, 1.54) is 13.8 Å². The van der Waals surface area contributed by atoms with E-state index in [9.17, 15) is 40.3 Å². The number of nitriles is 2. The third kappa shape index (κ3) is 7.73. The van der Waals surface area contributed by atoms with Crippen molar-refractivity contribution >= 4 is 34.1 Å². The number of hydrogen-bond acceptors (Lipinski definition) is 16. The standard InChI is InChI=1S/C35H30N10O10.C2H6/c1-5-7-13-42-31(46)23(17-36)19(3)29-33(42)54-35(52-27-11-9-21(44(48)49)15-25(27)38-40-29)53-28-12-10-22(45(50)51)16-26(28)39-41-30-20(4)24(18-37)32(47)43(14-8-6-2)34(30)55-35;1-2/h9-12,15-16H,5-8,13-14H2,1-4H3;1-2H3. The molecule has 0 bridgehead atoms. The molecule has 0 saturated heterocycles. The summed E-state index contributed by atoms with van der Waals surface area (Å²) in [5.74, 6) is -1.33. The summed E-state index contributed by atoms with van der Waals surface area (Å²) < 4.78 is 28.1. The van der Waals surface area contributed by atoms with Gasteiger partial charge in [-0.2, -0.15) is 10.5 Å². The Kier molecular flexibility index (Phi) is 12.1. The maximum atomic E-state index is 13.9. The Hall–Kier alpha value is -7.48. The first kappa shape index (κ1) is 40.7. The molecule has 20 heteroatoms. The molecule has 0 amide bonds. The predicted octanol–water partition coefficient (Wildman–Crippen LogP) is 8.50. The van der Waals surface area contributed by atoms with Gasteiger partial charge in [-0.3, -0.25) is 39.0 Å². The van der Waals surface area contributed by atoms with Crippen LogP contribution >= 0.6 is 0 Å². The lowest BCUT2D eigenvalue weighted by atomic mass is 10.1. The maximum absolute atomic E-state index is 13.9. The molecule has 0 unspecified atom stereocenters.